The number of nitrogens with one attached hydrogen (secondary N) is 4. The van der Waals surface area contributed by atoms with Crippen LogP contribution < -0.4 is 21.3 Å². The Bertz CT molecular complexity index is 2660. The van der Waals surface area contributed by atoms with Crippen molar-refractivity contribution in [3.8, 4) is 0 Å². The SMILES string of the molecule is CC[C@H](C)[C@@H]1NC(=O)[C@H](CC(C)C)N(C)C(=O)C[C@@H](C)NC(=O)[C@H](CC(C)C)N(C)C(=O)C2(CCCC2)NC(=O)[C@@H]2CCCN2C(=O)[C@H](CCC2CCC(S(F)(F)(F)(F)F)CC2)NC(=O)CN(C)C(=O)[C@H](CC2CCCCC2)N(C)C(=O)CN(C)C(=O)CN(C)C1=O. The van der Waals surface area contributed by atoms with Crippen molar-refractivity contribution in [3.63, 3.8) is 0 Å². The third-order valence-corrected chi connectivity index (χ3v) is 21.7. The van der Waals surface area contributed by atoms with E-state index in [1.165, 1.54) is 61.9 Å². The maximum atomic E-state index is 15.1. The number of fused-ring (bicyclic) bond motifs is 1. The van der Waals surface area contributed by atoms with Crippen LogP contribution in [-0.4, -0.2) is 221 Å². The molecule has 526 valence electrons. The Morgan fingerprint density at radius 1 is 0.533 bits per heavy atom. The fourth-order valence-electron chi connectivity index (χ4n) is 14.0. The van der Waals surface area contributed by atoms with Gasteiger partial charge in [0.15, 0.2) is 0 Å². The topological polar surface area (TPSA) is 259 Å². The molecule has 0 aromatic carbocycles. The Kier molecular flexibility index (Phi) is 26.4. The third-order valence-electron chi connectivity index (χ3n) is 20.0. The number of hydrogen-bond acceptors (Lipinski definition) is 11. The molecule has 5 fully saturated rings. The molecule has 28 heteroatoms. The van der Waals surface area contributed by atoms with Gasteiger partial charge < -0.3 is 55.6 Å². The number of carbonyl (C=O) groups is 11. The summed E-state index contributed by atoms with van der Waals surface area (Å²) in [6.45, 7) is 11.1. The van der Waals surface area contributed by atoms with Gasteiger partial charge in [0.2, 0.25) is 65.0 Å². The van der Waals surface area contributed by atoms with Gasteiger partial charge in [-0.15, -0.1) is 0 Å². The van der Waals surface area contributed by atoms with Gasteiger partial charge in [0.1, 0.15) is 41.8 Å². The van der Waals surface area contributed by atoms with Crippen LogP contribution in [0.15, 0.2) is 0 Å². The van der Waals surface area contributed by atoms with Gasteiger partial charge in [0, 0.05) is 61.3 Å². The van der Waals surface area contributed by atoms with Crippen molar-refractivity contribution in [2.24, 2.45) is 29.6 Å². The zero-order valence-corrected chi connectivity index (χ0v) is 57.6. The summed E-state index contributed by atoms with van der Waals surface area (Å²) in [5.41, 5.74) is -1.51. The van der Waals surface area contributed by atoms with Crippen molar-refractivity contribution in [1.82, 2.24) is 55.6 Å². The van der Waals surface area contributed by atoms with Crippen LogP contribution >= 0.6 is 10.2 Å². The van der Waals surface area contributed by atoms with Crippen LogP contribution in [0.4, 0.5) is 19.4 Å². The van der Waals surface area contributed by atoms with Crippen molar-refractivity contribution < 1.29 is 72.2 Å². The highest BCUT2D eigenvalue weighted by molar-refractivity contribution is 8.46. The minimum Gasteiger partial charge on any atom is -0.351 e. The van der Waals surface area contributed by atoms with E-state index in [9.17, 15) is 62.6 Å². The number of nitrogens with zero attached hydrogens (tertiary/aromatic N) is 7. The van der Waals surface area contributed by atoms with Gasteiger partial charge in [-0.3, -0.25) is 52.7 Å². The van der Waals surface area contributed by atoms with Gasteiger partial charge in [0.05, 0.1) is 24.9 Å². The first-order chi connectivity index (χ1) is 42.7. The summed E-state index contributed by atoms with van der Waals surface area (Å²) in [6.07, 6.45) is 4.83. The molecule has 5 rings (SSSR count). The molecule has 3 saturated carbocycles. The molecule has 0 unspecified atom stereocenters. The number of halogens is 5. The smallest absolute Gasteiger partial charge is 0.288 e. The quantitative estimate of drug-likeness (QED) is 0.146. The molecule has 4 N–H and O–H groups in total. The van der Waals surface area contributed by atoms with Crippen molar-refractivity contribution in [1.29, 1.82) is 0 Å². The number of carbonyl (C=O) groups excluding carboxylic acids is 11. The summed E-state index contributed by atoms with van der Waals surface area (Å²) >= 11 is 0. The lowest BCUT2D eigenvalue weighted by molar-refractivity contribution is -0.149. The molecular weight excluding hydrogens is 1230 g/mol. The van der Waals surface area contributed by atoms with Gasteiger partial charge in [-0.2, -0.15) is 0 Å². The summed E-state index contributed by atoms with van der Waals surface area (Å²) in [6, 6.07) is -7.83. The van der Waals surface area contributed by atoms with Gasteiger partial charge in [0.25, 0.3) is 10.2 Å². The Labute approximate surface area is 541 Å². The predicted octanol–water partition coefficient (Wildman–Crippen LogP) is 6.89. The molecular formula is C64H108F5N11O11S. The third kappa shape index (κ3) is 20.8. The van der Waals surface area contributed by atoms with Gasteiger partial charge in [-0.1, -0.05) is 112 Å². The largest absolute Gasteiger partial charge is 0.351 e. The number of likely N-dealkylation sites (N-methyl/N-ethyl adjacent to an activating group) is 6. The molecule has 2 saturated heterocycles. The summed E-state index contributed by atoms with van der Waals surface area (Å²) in [5.74, 6) is -8.16. The zero-order chi connectivity index (χ0) is 69.0. The monoisotopic (exact) mass is 1330 g/mol. The number of hydrogen-bond donors (Lipinski definition) is 4. The highest BCUT2D eigenvalue weighted by Gasteiger charge is 2.69. The van der Waals surface area contributed by atoms with Gasteiger partial charge in [-0.05, 0) is 120 Å². The van der Waals surface area contributed by atoms with E-state index in [2.05, 4.69) is 21.3 Å². The van der Waals surface area contributed by atoms with Crippen molar-refractivity contribution in [3.05, 3.63) is 0 Å². The van der Waals surface area contributed by atoms with E-state index >= 15 is 9.59 Å². The molecule has 11 amide bonds. The van der Waals surface area contributed by atoms with E-state index in [-0.39, 0.29) is 94.9 Å². The van der Waals surface area contributed by atoms with Crippen LogP contribution in [0.5, 0.6) is 0 Å². The molecule has 0 radical (unpaired) electrons. The molecule has 2 aliphatic heterocycles. The molecule has 5 aliphatic rings. The second kappa shape index (κ2) is 31.6. The summed E-state index contributed by atoms with van der Waals surface area (Å²) < 4.78 is 69.5. The molecule has 0 aromatic heterocycles. The highest BCUT2D eigenvalue weighted by Crippen LogP contribution is 3.01. The van der Waals surface area contributed by atoms with Crippen LogP contribution in [0.3, 0.4) is 0 Å². The maximum Gasteiger partial charge on any atom is 0.288 e. The summed E-state index contributed by atoms with van der Waals surface area (Å²) in [5, 5.41) is 8.76. The van der Waals surface area contributed by atoms with Crippen LogP contribution in [0, 0.1) is 29.6 Å². The van der Waals surface area contributed by atoms with Gasteiger partial charge >= 0.3 is 0 Å². The molecule has 0 aromatic rings. The number of amides is 11. The summed E-state index contributed by atoms with van der Waals surface area (Å²) in [4.78, 5) is 168. The van der Waals surface area contributed by atoms with E-state index in [1.54, 1.807) is 13.8 Å². The van der Waals surface area contributed by atoms with E-state index < -0.39 is 173 Å². The predicted molar refractivity (Wildman–Crippen MR) is 340 cm³/mol. The Morgan fingerprint density at radius 2 is 1.08 bits per heavy atom. The minimum absolute atomic E-state index is 0.0155. The molecule has 8 atom stereocenters. The first kappa shape index (κ1) is 76.9. The van der Waals surface area contributed by atoms with Crippen LogP contribution in [0.25, 0.3) is 0 Å². The molecule has 0 bridgehead atoms. The fraction of sp³-hybridized carbons (Fsp3) is 0.828. The average molecular weight is 1330 g/mol. The lowest BCUT2D eigenvalue weighted by Gasteiger charge is -2.49. The Balaban J connectivity index is 1.53. The van der Waals surface area contributed by atoms with Crippen molar-refractivity contribution in [2.75, 3.05) is 68.5 Å². The molecule has 1 spiro atoms. The average Bonchev–Trinajstić information content (AvgIpc) is 0.933. The van der Waals surface area contributed by atoms with Crippen LogP contribution in [0.2, 0.25) is 0 Å². The van der Waals surface area contributed by atoms with E-state index in [0.29, 0.717) is 25.7 Å². The van der Waals surface area contributed by atoms with E-state index in [0.717, 1.165) is 46.8 Å². The fourth-order valence-corrected chi connectivity index (χ4v) is 15.2. The van der Waals surface area contributed by atoms with Crippen molar-refractivity contribution in [2.45, 2.75) is 243 Å². The second-order valence-corrected chi connectivity index (χ2v) is 31.2. The number of rotatable bonds is 12. The van der Waals surface area contributed by atoms with Gasteiger partial charge in [-0.25, -0.2) is 0 Å². The normalized spacial score (nSPS) is 29.5. The molecule has 2 heterocycles. The first-order valence-corrected chi connectivity index (χ1v) is 35.5. The second-order valence-electron chi connectivity index (χ2n) is 28.4. The zero-order valence-electron chi connectivity index (χ0n) is 56.8. The highest BCUT2D eigenvalue weighted by atomic mass is 32.5. The molecule has 3 aliphatic carbocycles. The minimum atomic E-state index is -9.79. The molecule has 92 heavy (non-hydrogen) atoms. The standard InChI is InChI=1S/C64H108F5N11O11S/c1-14-42(6)56-62(90)76(10)38-54(83)74(8)39-55(84)78(12)51(36-45-21-16-15-17-22-45)61(89)75(9)37-52(81)71-47(29-26-44-24-27-46(28-25-44)92(65,66,67,68)69)60(88)80-32-20-23-48(80)59(87)73-64(30-18-19-31-64)63(91)79(13)50(34-41(4)5)57(85)70-43(7)35-53(82)77(11)49(33-40(2)3)58(86)72-56/h40-51,56H,14-39H2,1-13H3,(H,70,85)(H,71,81)(H,72,86)(H,73,87)/t42-,43+,44?,46?,47-,48-,49-,50-,51-,56-/m0/s1. The van der Waals surface area contributed by atoms with E-state index in [4.69, 9.17) is 0 Å². The van der Waals surface area contributed by atoms with Crippen LogP contribution in [-0.2, 0) is 52.7 Å². The first-order valence-electron chi connectivity index (χ1n) is 33.5. The maximum absolute atomic E-state index is 15.1. The van der Waals surface area contributed by atoms with E-state index in [1.807, 2.05) is 34.6 Å². The molecule has 22 nitrogen and oxygen atoms in total. The lowest BCUT2D eigenvalue weighted by atomic mass is 9.84. The Morgan fingerprint density at radius 3 is 1.64 bits per heavy atom. The van der Waals surface area contributed by atoms with Crippen molar-refractivity contribution >= 4 is 75.2 Å². The summed E-state index contributed by atoms with van der Waals surface area (Å²) in [7, 11) is -1.30. The lowest BCUT2D eigenvalue weighted by Crippen LogP contribution is -2.64. The van der Waals surface area contributed by atoms with Crippen LogP contribution in [0.1, 0.15) is 190 Å². The Hall–Kier alpha value is -5.83.